The fraction of sp³-hybridized carbons (Fsp3) is 0.286. The van der Waals surface area contributed by atoms with E-state index in [2.05, 4.69) is 17.4 Å². The van der Waals surface area contributed by atoms with Gasteiger partial charge in [-0.3, -0.25) is 0 Å². The van der Waals surface area contributed by atoms with Crippen LogP contribution in [0.5, 0.6) is 0 Å². The Morgan fingerprint density at radius 3 is 2.61 bits per heavy atom. The lowest BCUT2D eigenvalue weighted by Crippen LogP contribution is -2.20. The summed E-state index contributed by atoms with van der Waals surface area (Å²) in [6.07, 6.45) is 2.01. The fourth-order valence-corrected chi connectivity index (χ4v) is 1.82. The molecule has 0 unspecified atom stereocenters. The van der Waals surface area contributed by atoms with Gasteiger partial charge in [-0.15, -0.1) is 0 Å². The third-order valence-corrected chi connectivity index (χ3v) is 2.81. The van der Waals surface area contributed by atoms with Gasteiger partial charge in [-0.1, -0.05) is 42.5 Å². The van der Waals surface area contributed by atoms with Gasteiger partial charge in [0.25, 0.3) is 0 Å². The van der Waals surface area contributed by atoms with Crippen LogP contribution < -0.4 is 11.1 Å². The minimum Gasteiger partial charge on any atom is -0.389 e. The van der Waals surface area contributed by atoms with Crippen molar-refractivity contribution in [3.63, 3.8) is 0 Å². The lowest BCUT2D eigenvalue weighted by atomic mass is 10.1. The first kappa shape index (κ1) is 14.2. The van der Waals surface area contributed by atoms with Gasteiger partial charge in [-0.2, -0.15) is 5.26 Å². The summed E-state index contributed by atoms with van der Waals surface area (Å²) in [5, 5.41) is 12.1. The van der Waals surface area contributed by atoms with Crippen molar-refractivity contribution >= 4 is 17.2 Å². The molecule has 0 aliphatic carbocycles. The van der Waals surface area contributed by atoms with E-state index in [4.69, 9.17) is 23.2 Å². The molecule has 1 aromatic rings. The van der Waals surface area contributed by atoms with E-state index in [0.29, 0.717) is 5.57 Å². The first-order chi connectivity index (χ1) is 8.65. The number of thiocarbonyl (C=S) groups is 1. The average molecular weight is 259 g/mol. The Morgan fingerprint density at radius 2 is 2.06 bits per heavy atom. The monoisotopic (exact) mass is 259 g/mol. The molecule has 94 valence electrons. The highest BCUT2D eigenvalue weighted by Crippen LogP contribution is 2.03. The SMILES string of the molecule is CC(NCCCc1ccccc1)=C(C#N)C(N)=S. The summed E-state index contributed by atoms with van der Waals surface area (Å²) in [6.45, 7) is 2.62. The van der Waals surface area contributed by atoms with Crippen molar-refractivity contribution in [2.75, 3.05) is 6.54 Å². The van der Waals surface area contributed by atoms with E-state index in [1.165, 1.54) is 5.56 Å². The molecule has 0 aliphatic heterocycles. The van der Waals surface area contributed by atoms with Crippen molar-refractivity contribution in [2.24, 2.45) is 5.73 Å². The number of allylic oxidation sites excluding steroid dienone is 1. The second-order valence-corrected chi connectivity index (χ2v) is 4.43. The first-order valence-corrected chi connectivity index (χ1v) is 6.24. The lowest BCUT2D eigenvalue weighted by molar-refractivity contribution is 0.722. The number of hydrogen-bond acceptors (Lipinski definition) is 3. The van der Waals surface area contributed by atoms with Crippen molar-refractivity contribution in [3.8, 4) is 6.07 Å². The molecule has 0 bridgehead atoms. The van der Waals surface area contributed by atoms with Gasteiger partial charge in [0, 0.05) is 12.2 Å². The molecule has 3 N–H and O–H groups in total. The Kier molecular flexibility index (Phi) is 5.89. The molecule has 0 saturated heterocycles. The Hall–Kier alpha value is -1.86. The minimum absolute atomic E-state index is 0.144. The largest absolute Gasteiger partial charge is 0.389 e. The van der Waals surface area contributed by atoms with Crippen LogP contribution in [0.25, 0.3) is 0 Å². The fourth-order valence-electron chi connectivity index (χ4n) is 1.63. The van der Waals surface area contributed by atoms with Crippen LogP contribution in [0.1, 0.15) is 18.9 Å². The Labute approximate surface area is 113 Å². The summed E-state index contributed by atoms with van der Waals surface area (Å²) in [5.41, 5.74) is 7.88. The van der Waals surface area contributed by atoms with E-state index in [0.717, 1.165) is 25.1 Å². The molecular weight excluding hydrogens is 242 g/mol. The molecule has 0 heterocycles. The van der Waals surface area contributed by atoms with Crippen LogP contribution in [-0.4, -0.2) is 11.5 Å². The maximum atomic E-state index is 8.89. The zero-order valence-corrected chi connectivity index (χ0v) is 11.3. The molecule has 0 fully saturated rings. The third-order valence-electron chi connectivity index (χ3n) is 2.61. The quantitative estimate of drug-likeness (QED) is 0.356. The molecule has 18 heavy (non-hydrogen) atoms. The lowest BCUT2D eigenvalue weighted by Gasteiger charge is -2.08. The molecule has 0 saturated carbocycles. The van der Waals surface area contributed by atoms with Crippen molar-refractivity contribution in [1.29, 1.82) is 5.26 Å². The van der Waals surface area contributed by atoms with Gasteiger partial charge in [0.2, 0.25) is 0 Å². The number of benzene rings is 1. The molecule has 0 radical (unpaired) electrons. The number of aryl methyl sites for hydroxylation is 1. The van der Waals surface area contributed by atoms with E-state index in [9.17, 15) is 0 Å². The van der Waals surface area contributed by atoms with Crippen LogP contribution in [0, 0.1) is 11.3 Å². The number of nitrogens with two attached hydrogens (primary N) is 1. The van der Waals surface area contributed by atoms with E-state index in [1.54, 1.807) is 0 Å². The highest BCUT2D eigenvalue weighted by Gasteiger charge is 2.04. The standard InChI is InChI=1S/C14H17N3S/c1-11(13(10-15)14(16)18)17-9-5-8-12-6-3-2-4-7-12/h2-4,6-7,17H,5,8-9H2,1H3,(H2,16,18). The number of nitriles is 1. The molecule has 1 aromatic carbocycles. The topological polar surface area (TPSA) is 61.8 Å². The Balaban J connectivity index is 2.39. The number of rotatable bonds is 6. The summed E-state index contributed by atoms with van der Waals surface area (Å²) in [7, 11) is 0. The van der Waals surface area contributed by atoms with Gasteiger partial charge in [-0.05, 0) is 25.3 Å². The van der Waals surface area contributed by atoms with Gasteiger partial charge in [0.1, 0.15) is 16.6 Å². The summed E-state index contributed by atoms with van der Waals surface area (Å²) >= 11 is 4.81. The number of nitrogens with one attached hydrogen (secondary N) is 1. The predicted octanol–water partition coefficient (Wildman–Crippen LogP) is 2.29. The van der Waals surface area contributed by atoms with Gasteiger partial charge >= 0.3 is 0 Å². The number of nitrogens with zero attached hydrogens (tertiary/aromatic N) is 1. The van der Waals surface area contributed by atoms with E-state index < -0.39 is 0 Å². The zero-order valence-electron chi connectivity index (χ0n) is 10.4. The predicted molar refractivity (Wildman–Crippen MR) is 77.9 cm³/mol. The highest BCUT2D eigenvalue weighted by molar-refractivity contribution is 7.80. The van der Waals surface area contributed by atoms with E-state index in [-0.39, 0.29) is 4.99 Å². The molecular formula is C14H17N3S. The Bertz CT molecular complexity index is 472. The molecule has 4 heteroatoms. The smallest absolute Gasteiger partial charge is 0.116 e. The first-order valence-electron chi connectivity index (χ1n) is 5.83. The Morgan fingerprint density at radius 1 is 1.39 bits per heavy atom. The second-order valence-electron chi connectivity index (χ2n) is 3.99. The van der Waals surface area contributed by atoms with Crippen LogP contribution in [-0.2, 0) is 6.42 Å². The van der Waals surface area contributed by atoms with Crippen LogP contribution in [0.15, 0.2) is 41.6 Å². The van der Waals surface area contributed by atoms with Crippen LogP contribution >= 0.6 is 12.2 Å². The van der Waals surface area contributed by atoms with Crippen molar-refractivity contribution in [2.45, 2.75) is 19.8 Å². The summed E-state index contributed by atoms with van der Waals surface area (Å²) in [6, 6.07) is 12.3. The molecule has 0 spiro atoms. The molecule has 0 aliphatic rings. The normalized spacial score (nSPS) is 11.3. The zero-order chi connectivity index (χ0) is 13.4. The third kappa shape index (κ3) is 4.56. The highest BCUT2D eigenvalue weighted by atomic mass is 32.1. The van der Waals surface area contributed by atoms with Gasteiger partial charge < -0.3 is 11.1 Å². The second kappa shape index (κ2) is 7.46. The maximum absolute atomic E-state index is 8.89. The van der Waals surface area contributed by atoms with Crippen molar-refractivity contribution in [3.05, 3.63) is 47.2 Å². The minimum atomic E-state index is 0.144. The number of hydrogen-bond donors (Lipinski definition) is 2. The maximum Gasteiger partial charge on any atom is 0.116 e. The van der Waals surface area contributed by atoms with Crippen LogP contribution in [0.4, 0.5) is 0 Å². The van der Waals surface area contributed by atoms with Crippen molar-refractivity contribution < 1.29 is 0 Å². The van der Waals surface area contributed by atoms with E-state index in [1.807, 2.05) is 31.2 Å². The van der Waals surface area contributed by atoms with Crippen molar-refractivity contribution in [1.82, 2.24) is 5.32 Å². The van der Waals surface area contributed by atoms with E-state index >= 15 is 0 Å². The summed E-state index contributed by atoms with van der Waals surface area (Å²) in [5.74, 6) is 0. The average Bonchev–Trinajstić information content (AvgIpc) is 2.36. The summed E-state index contributed by atoms with van der Waals surface area (Å²) in [4.78, 5) is 0.144. The molecule has 0 amide bonds. The molecule has 1 rings (SSSR count). The molecule has 0 atom stereocenters. The van der Waals surface area contributed by atoms with Crippen LogP contribution in [0.3, 0.4) is 0 Å². The molecule has 0 aromatic heterocycles. The summed E-state index contributed by atoms with van der Waals surface area (Å²) < 4.78 is 0. The van der Waals surface area contributed by atoms with Gasteiger partial charge in [-0.25, -0.2) is 0 Å². The van der Waals surface area contributed by atoms with Gasteiger partial charge in [0.05, 0.1) is 0 Å². The molecule has 3 nitrogen and oxygen atoms in total. The van der Waals surface area contributed by atoms with Crippen LogP contribution in [0.2, 0.25) is 0 Å². The van der Waals surface area contributed by atoms with Gasteiger partial charge in [0.15, 0.2) is 0 Å².